The van der Waals surface area contributed by atoms with Crippen LogP contribution in [0.15, 0.2) is 18.2 Å². The third kappa shape index (κ3) is 3.48. The molecule has 3 rings (SSSR count). The molecule has 136 valence electrons. The Balaban J connectivity index is 1.78. The molecule has 8 nitrogen and oxygen atoms in total. The van der Waals surface area contributed by atoms with Gasteiger partial charge in [0, 0.05) is 19.6 Å². The molecule has 0 bridgehead atoms. The normalized spacial score (nSPS) is 19.4. The van der Waals surface area contributed by atoms with Crippen LogP contribution in [0.2, 0.25) is 0 Å². The molecule has 2 heterocycles. The maximum atomic E-state index is 13.0. The number of hydrogen-bond donors (Lipinski definition) is 1. The van der Waals surface area contributed by atoms with Crippen molar-refractivity contribution >= 4 is 12.0 Å². The van der Waals surface area contributed by atoms with Gasteiger partial charge in [0.15, 0.2) is 11.5 Å². The number of amides is 2. The molecule has 2 N–H and O–H groups in total. The summed E-state index contributed by atoms with van der Waals surface area (Å²) in [5, 5.41) is 0. The van der Waals surface area contributed by atoms with Crippen LogP contribution in [0.25, 0.3) is 0 Å². The van der Waals surface area contributed by atoms with Gasteiger partial charge in [-0.2, -0.15) is 0 Å². The van der Waals surface area contributed by atoms with E-state index in [1.165, 1.54) is 0 Å². The van der Waals surface area contributed by atoms with Crippen LogP contribution in [0.1, 0.15) is 16.8 Å². The Morgan fingerprint density at radius 3 is 3.00 bits per heavy atom. The molecule has 1 aromatic carbocycles. The zero-order valence-electron chi connectivity index (χ0n) is 14.3. The fourth-order valence-electron chi connectivity index (χ4n) is 3.09. The number of ether oxygens (including phenoxy) is 3. The number of benzene rings is 1. The number of hydrogen-bond acceptors (Lipinski definition) is 6. The highest BCUT2D eigenvalue weighted by molar-refractivity contribution is 5.98. The second-order valence-electron chi connectivity index (χ2n) is 6.00. The molecule has 2 aliphatic heterocycles. The minimum absolute atomic E-state index is 0.0857. The van der Waals surface area contributed by atoms with E-state index in [9.17, 15) is 9.59 Å². The zero-order valence-corrected chi connectivity index (χ0v) is 14.3. The topological polar surface area (TPSA) is 94.3 Å². The zero-order chi connectivity index (χ0) is 17.8. The molecule has 2 amide bonds. The highest BCUT2D eigenvalue weighted by atomic mass is 16.6. The second kappa shape index (κ2) is 7.60. The van der Waals surface area contributed by atoms with Crippen molar-refractivity contribution in [3.8, 4) is 11.5 Å². The molecule has 25 heavy (non-hydrogen) atoms. The molecular formula is C17H23N3O5. The monoisotopic (exact) mass is 349 g/mol. The molecule has 2 saturated heterocycles. The van der Waals surface area contributed by atoms with Crippen LogP contribution in [0.3, 0.4) is 0 Å². The predicted octanol–water partition coefficient (Wildman–Crippen LogP) is 0.699. The first-order valence-corrected chi connectivity index (χ1v) is 8.38. The van der Waals surface area contributed by atoms with Crippen molar-refractivity contribution in [1.29, 1.82) is 0 Å². The predicted molar refractivity (Wildman–Crippen MR) is 89.9 cm³/mol. The van der Waals surface area contributed by atoms with E-state index >= 15 is 0 Å². The molecule has 2 fully saturated rings. The molecule has 0 radical (unpaired) electrons. The number of para-hydroxylation sites is 1. The SMILES string of the molecule is COc1cccc(C(=O)N2CCN3C(=O)OC[C@@H]3C2)c1OCCCN. The van der Waals surface area contributed by atoms with Gasteiger partial charge in [-0.15, -0.1) is 0 Å². The van der Waals surface area contributed by atoms with Crippen molar-refractivity contribution in [1.82, 2.24) is 9.80 Å². The first-order chi connectivity index (χ1) is 12.2. The van der Waals surface area contributed by atoms with Crippen LogP contribution in [-0.2, 0) is 4.74 Å². The van der Waals surface area contributed by atoms with Crippen molar-refractivity contribution in [2.75, 3.05) is 46.5 Å². The van der Waals surface area contributed by atoms with Gasteiger partial charge in [0.2, 0.25) is 0 Å². The molecule has 0 aromatic heterocycles. The van der Waals surface area contributed by atoms with Gasteiger partial charge in [0.05, 0.1) is 25.3 Å². The minimum Gasteiger partial charge on any atom is -0.493 e. The summed E-state index contributed by atoms with van der Waals surface area (Å²) in [6.07, 6.45) is 0.385. The Bertz CT molecular complexity index is 651. The number of nitrogens with zero attached hydrogens (tertiary/aromatic N) is 2. The lowest BCUT2D eigenvalue weighted by atomic mass is 10.1. The Labute approximate surface area is 146 Å². The number of cyclic esters (lactones) is 1. The van der Waals surface area contributed by atoms with E-state index in [1.807, 2.05) is 0 Å². The third-order valence-electron chi connectivity index (χ3n) is 4.43. The summed E-state index contributed by atoms with van der Waals surface area (Å²) in [5.41, 5.74) is 5.96. The van der Waals surface area contributed by atoms with Gasteiger partial charge < -0.3 is 24.8 Å². The Hall–Kier alpha value is -2.48. The maximum absolute atomic E-state index is 13.0. The highest BCUT2D eigenvalue weighted by Crippen LogP contribution is 2.32. The van der Waals surface area contributed by atoms with Crippen molar-refractivity contribution in [2.24, 2.45) is 5.73 Å². The Kier molecular flexibility index (Phi) is 5.28. The molecule has 0 unspecified atom stereocenters. The lowest BCUT2D eigenvalue weighted by molar-refractivity contribution is 0.0612. The van der Waals surface area contributed by atoms with E-state index in [4.69, 9.17) is 19.9 Å². The fourth-order valence-corrected chi connectivity index (χ4v) is 3.09. The van der Waals surface area contributed by atoms with Gasteiger partial charge in [-0.1, -0.05) is 6.07 Å². The lowest BCUT2D eigenvalue weighted by Crippen LogP contribution is -2.53. The molecule has 0 spiro atoms. The average Bonchev–Trinajstić information content (AvgIpc) is 3.01. The second-order valence-corrected chi connectivity index (χ2v) is 6.00. The number of piperazine rings is 1. The van der Waals surface area contributed by atoms with E-state index < -0.39 is 0 Å². The highest BCUT2D eigenvalue weighted by Gasteiger charge is 2.39. The smallest absolute Gasteiger partial charge is 0.410 e. The molecule has 8 heteroatoms. The van der Waals surface area contributed by atoms with Crippen LogP contribution in [-0.4, -0.2) is 74.3 Å². The number of rotatable bonds is 6. The van der Waals surface area contributed by atoms with Gasteiger partial charge in [-0.05, 0) is 25.1 Å². The number of methoxy groups -OCH3 is 1. The van der Waals surface area contributed by atoms with Crippen molar-refractivity contribution in [2.45, 2.75) is 12.5 Å². The molecule has 1 atom stereocenters. The van der Waals surface area contributed by atoms with Gasteiger partial charge in [-0.25, -0.2) is 4.79 Å². The lowest BCUT2D eigenvalue weighted by Gasteiger charge is -2.35. The summed E-state index contributed by atoms with van der Waals surface area (Å²) >= 11 is 0. The van der Waals surface area contributed by atoms with E-state index in [0.717, 1.165) is 0 Å². The standard InChI is InChI=1S/C17H23N3O5/c1-23-14-5-2-4-13(15(14)24-9-3-6-18)16(21)19-7-8-20-12(10-19)11-25-17(20)22/h2,4-5,12H,3,6-11,18H2,1H3/t12-/m0/s1. The molecular weight excluding hydrogens is 326 g/mol. The number of carbonyl (C=O) groups excluding carboxylic acids is 2. The van der Waals surface area contributed by atoms with E-state index in [2.05, 4.69) is 0 Å². The first kappa shape index (κ1) is 17.3. The van der Waals surface area contributed by atoms with Gasteiger partial charge in [0.25, 0.3) is 5.91 Å². The number of carbonyl (C=O) groups is 2. The molecule has 2 aliphatic rings. The summed E-state index contributed by atoms with van der Waals surface area (Å²) in [7, 11) is 1.54. The average molecular weight is 349 g/mol. The largest absolute Gasteiger partial charge is 0.493 e. The van der Waals surface area contributed by atoms with Gasteiger partial charge in [-0.3, -0.25) is 9.69 Å². The van der Waals surface area contributed by atoms with Crippen molar-refractivity contribution < 1.29 is 23.8 Å². The van der Waals surface area contributed by atoms with E-state index in [-0.39, 0.29) is 18.0 Å². The fraction of sp³-hybridized carbons (Fsp3) is 0.529. The van der Waals surface area contributed by atoms with Gasteiger partial charge >= 0.3 is 6.09 Å². The summed E-state index contributed by atoms with van der Waals surface area (Å²) in [6, 6.07) is 5.17. The third-order valence-corrected chi connectivity index (χ3v) is 4.43. The summed E-state index contributed by atoms with van der Waals surface area (Å²) in [6.45, 7) is 2.63. The van der Waals surface area contributed by atoms with E-state index in [1.54, 1.807) is 35.1 Å². The summed E-state index contributed by atoms with van der Waals surface area (Å²) < 4.78 is 16.2. The van der Waals surface area contributed by atoms with Crippen LogP contribution >= 0.6 is 0 Å². The maximum Gasteiger partial charge on any atom is 0.410 e. The number of nitrogens with two attached hydrogens (primary N) is 1. The quantitative estimate of drug-likeness (QED) is 0.760. The van der Waals surface area contributed by atoms with Crippen LogP contribution < -0.4 is 15.2 Å². The van der Waals surface area contributed by atoms with Gasteiger partial charge in [0.1, 0.15) is 6.61 Å². The van der Waals surface area contributed by atoms with Crippen molar-refractivity contribution in [3.63, 3.8) is 0 Å². The van der Waals surface area contributed by atoms with Crippen LogP contribution in [0, 0.1) is 0 Å². The Morgan fingerprint density at radius 2 is 2.24 bits per heavy atom. The molecule has 0 aliphatic carbocycles. The van der Waals surface area contributed by atoms with Crippen molar-refractivity contribution in [3.05, 3.63) is 23.8 Å². The summed E-state index contributed by atoms with van der Waals surface area (Å²) in [5.74, 6) is 0.811. The number of fused-ring (bicyclic) bond motifs is 1. The molecule has 1 aromatic rings. The Morgan fingerprint density at radius 1 is 1.40 bits per heavy atom. The van der Waals surface area contributed by atoms with Crippen LogP contribution in [0.4, 0.5) is 4.79 Å². The van der Waals surface area contributed by atoms with Crippen LogP contribution in [0.5, 0.6) is 11.5 Å². The van der Waals surface area contributed by atoms with E-state index in [0.29, 0.717) is 62.9 Å². The minimum atomic E-state index is -0.302. The molecule has 0 saturated carbocycles. The first-order valence-electron chi connectivity index (χ1n) is 8.38. The summed E-state index contributed by atoms with van der Waals surface area (Å²) in [4.78, 5) is 28.0.